The topological polar surface area (TPSA) is 145 Å². The number of carbonyl (C=O) groups is 3. The molecule has 0 bridgehead atoms. The summed E-state index contributed by atoms with van der Waals surface area (Å²) in [4.78, 5) is 38.5. The highest BCUT2D eigenvalue weighted by molar-refractivity contribution is 7.95. The summed E-state index contributed by atoms with van der Waals surface area (Å²) in [7, 11) is -3.02. The second-order valence-electron chi connectivity index (χ2n) is 10.5. The minimum atomic E-state index is -3.02. The summed E-state index contributed by atoms with van der Waals surface area (Å²) in [6, 6.07) is 5.28. The molecule has 0 aromatic heterocycles. The Morgan fingerprint density at radius 1 is 1.05 bits per heavy atom. The van der Waals surface area contributed by atoms with E-state index in [0.29, 0.717) is 9.80 Å². The molecule has 0 saturated carbocycles. The second kappa shape index (κ2) is 15.0. The number of benzene rings is 1. The number of ether oxygens (including phenoxy) is 3. The first-order chi connectivity index (χ1) is 17.2. The van der Waals surface area contributed by atoms with Crippen LogP contribution < -0.4 is 5.73 Å². The van der Waals surface area contributed by atoms with Crippen molar-refractivity contribution >= 4 is 33.8 Å². The maximum Gasteiger partial charge on any atom is 0.420 e. The molecular weight excluding hydrogens is 519 g/mol. The molecule has 0 heterocycles. The van der Waals surface area contributed by atoms with Gasteiger partial charge in [-0.15, -0.1) is 0 Å². The first-order valence-electron chi connectivity index (χ1n) is 12.1. The molecule has 2 amide bonds. The number of hydrogen-bond acceptors (Lipinski definition) is 8. The predicted molar refractivity (Wildman–Crippen MR) is 145 cm³/mol. The van der Waals surface area contributed by atoms with E-state index in [2.05, 4.69) is 5.87 Å². The number of alkyl halides is 1. The Balaban J connectivity index is 0.00000103. The molecular formula is C26H43FN2O8S. The molecule has 10 nitrogen and oxygen atoms in total. The van der Waals surface area contributed by atoms with Crippen LogP contribution in [0.5, 0.6) is 0 Å². The molecule has 218 valence electrons. The molecule has 1 aromatic carbocycles. The van der Waals surface area contributed by atoms with Crippen LogP contribution in [-0.2, 0) is 28.8 Å². The Hall–Kier alpha value is -2.70. The third-order valence-corrected chi connectivity index (χ3v) is 5.41. The van der Waals surface area contributed by atoms with Gasteiger partial charge in [-0.1, -0.05) is 17.7 Å². The molecule has 1 rings (SSSR count). The van der Waals surface area contributed by atoms with Crippen LogP contribution in [0.25, 0.3) is 0 Å². The second-order valence-corrected chi connectivity index (χ2v) is 12.2. The average molecular weight is 563 g/mol. The fourth-order valence-electron chi connectivity index (χ4n) is 2.79. The van der Waals surface area contributed by atoms with E-state index >= 15 is 0 Å². The minimum Gasteiger partial charge on any atom is -0.464 e. The summed E-state index contributed by atoms with van der Waals surface area (Å²) >= 11 is 0. The zero-order chi connectivity index (χ0) is 29.9. The van der Waals surface area contributed by atoms with Gasteiger partial charge in [0.25, 0.3) is 0 Å². The lowest BCUT2D eigenvalue weighted by molar-refractivity contribution is -0.150. The quantitative estimate of drug-likeness (QED) is 0.261. The van der Waals surface area contributed by atoms with E-state index in [1.54, 1.807) is 72.7 Å². The van der Waals surface area contributed by atoms with Crippen LogP contribution >= 0.6 is 0 Å². The normalized spacial score (nSPS) is 14.6. The van der Waals surface area contributed by atoms with Gasteiger partial charge in [0.1, 0.15) is 33.2 Å². The molecule has 2 unspecified atom stereocenters. The molecule has 0 aliphatic heterocycles. The molecule has 38 heavy (non-hydrogen) atoms. The van der Waals surface area contributed by atoms with Crippen LogP contribution in [0.2, 0.25) is 0 Å². The van der Waals surface area contributed by atoms with Crippen molar-refractivity contribution in [3.8, 4) is 0 Å². The maximum atomic E-state index is 14.2. The molecule has 0 saturated heterocycles. The number of carbonyl (C=O) groups excluding carboxylic acids is 3. The monoisotopic (exact) mass is 562 g/mol. The summed E-state index contributed by atoms with van der Waals surface area (Å²) in [6.45, 7) is 13.1. The Bertz CT molecular complexity index is 987. The Morgan fingerprint density at radius 3 is 1.84 bits per heavy atom. The van der Waals surface area contributed by atoms with Crippen molar-refractivity contribution in [2.24, 2.45) is 5.73 Å². The van der Waals surface area contributed by atoms with Crippen LogP contribution in [0, 0.1) is 6.92 Å². The lowest BCUT2D eigenvalue weighted by atomic mass is 10.1. The van der Waals surface area contributed by atoms with Crippen molar-refractivity contribution in [2.45, 2.75) is 96.5 Å². The number of nitrogens with zero attached hydrogens (tertiary/aromatic N) is 1. The molecule has 12 heteroatoms. The van der Waals surface area contributed by atoms with Crippen molar-refractivity contribution in [1.29, 1.82) is 0 Å². The van der Waals surface area contributed by atoms with Gasteiger partial charge in [0.15, 0.2) is 0 Å². The van der Waals surface area contributed by atoms with Crippen LogP contribution in [-0.4, -0.2) is 74.3 Å². The summed E-state index contributed by atoms with van der Waals surface area (Å²) in [5.41, 5.74) is 4.53. The van der Waals surface area contributed by atoms with Crippen molar-refractivity contribution in [3.05, 3.63) is 29.8 Å². The highest BCUT2D eigenvalue weighted by atomic mass is 32.2. The first-order valence-corrected chi connectivity index (χ1v) is 13.8. The minimum absolute atomic E-state index is 0.000346. The van der Waals surface area contributed by atoms with Gasteiger partial charge in [-0.2, -0.15) is 4.90 Å². The van der Waals surface area contributed by atoms with Crippen molar-refractivity contribution in [2.75, 3.05) is 13.2 Å². The van der Waals surface area contributed by atoms with Gasteiger partial charge in [0, 0.05) is 6.42 Å². The highest BCUT2D eigenvalue weighted by Crippen LogP contribution is 2.21. The number of rotatable bonds is 8. The van der Waals surface area contributed by atoms with E-state index in [1.165, 1.54) is 0 Å². The SMILES string of the molecule is C=S(=O)(O)c1ccc(C)cc1.CCOC(=O)[C@H](CC(F)CCN)N(C(=O)OC(C)(C)C)C(=O)OC(C)(C)C. The Morgan fingerprint density at radius 2 is 1.50 bits per heavy atom. The molecule has 0 aliphatic carbocycles. The molecule has 3 atom stereocenters. The third kappa shape index (κ3) is 14.3. The summed E-state index contributed by atoms with van der Waals surface area (Å²) < 4.78 is 49.5. The van der Waals surface area contributed by atoms with Crippen LogP contribution in [0.15, 0.2) is 29.2 Å². The largest absolute Gasteiger partial charge is 0.464 e. The number of imide groups is 1. The fraction of sp³-hybridized carbons (Fsp3) is 0.615. The standard InChI is InChI=1S/C18H33FN2O6.C8H10O2S/c1-8-25-14(22)13(11-12(19)9-10-20)21(15(23)26-17(2,3)4)16(24)27-18(5,6)7;1-7-3-5-8(6-4-7)11(2,9)10/h12-13H,8-11,20H2,1-7H3;3-6H,2H2,1H3,(H,9,10)/t12?,13-;/m0./s1. The smallest absolute Gasteiger partial charge is 0.420 e. The first kappa shape index (κ1) is 35.3. The molecule has 0 radical (unpaired) electrons. The number of esters is 1. The van der Waals surface area contributed by atoms with Gasteiger partial charge < -0.3 is 24.5 Å². The third-order valence-electron chi connectivity index (χ3n) is 4.40. The molecule has 0 fully saturated rings. The van der Waals surface area contributed by atoms with E-state index in [-0.39, 0.29) is 19.6 Å². The predicted octanol–water partition coefficient (Wildman–Crippen LogP) is 4.71. The Labute approximate surface area is 225 Å². The summed E-state index contributed by atoms with van der Waals surface area (Å²) in [5, 5.41) is 0. The maximum absolute atomic E-state index is 14.2. The summed E-state index contributed by atoms with van der Waals surface area (Å²) in [6.07, 6.45) is -4.25. The molecule has 0 spiro atoms. The van der Waals surface area contributed by atoms with Gasteiger partial charge in [-0.05, 0) is 86.4 Å². The number of amides is 2. The van der Waals surface area contributed by atoms with Crippen molar-refractivity contribution < 1.29 is 41.7 Å². The zero-order valence-corrected chi connectivity index (χ0v) is 24.4. The van der Waals surface area contributed by atoms with Crippen LogP contribution in [0.1, 0.15) is 66.9 Å². The number of nitrogens with two attached hydrogens (primary N) is 1. The number of aryl methyl sites for hydroxylation is 1. The van der Waals surface area contributed by atoms with Crippen molar-refractivity contribution in [1.82, 2.24) is 4.90 Å². The number of hydrogen-bond donors (Lipinski definition) is 2. The summed E-state index contributed by atoms with van der Waals surface area (Å²) in [5.74, 6) is 2.23. The van der Waals surface area contributed by atoms with Crippen LogP contribution in [0.4, 0.5) is 14.0 Å². The van der Waals surface area contributed by atoms with E-state index in [0.717, 1.165) is 5.56 Å². The molecule has 1 aromatic rings. The van der Waals surface area contributed by atoms with Crippen LogP contribution in [0.3, 0.4) is 0 Å². The lowest BCUT2D eigenvalue weighted by Gasteiger charge is -2.32. The Kier molecular flexibility index (Phi) is 14.0. The molecule has 3 N–H and O–H groups in total. The van der Waals surface area contributed by atoms with E-state index in [4.69, 9.17) is 24.5 Å². The van der Waals surface area contributed by atoms with E-state index < -0.39 is 57.8 Å². The van der Waals surface area contributed by atoms with Gasteiger partial charge in [-0.3, -0.25) is 0 Å². The lowest BCUT2D eigenvalue weighted by Crippen LogP contribution is -2.53. The average Bonchev–Trinajstić information content (AvgIpc) is 2.71. The van der Waals surface area contributed by atoms with Gasteiger partial charge in [0.2, 0.25) is 0 Å². The van der Waals surface area contributed by atoms with Gasteiger partial charge >= 0.3 is 18.2 Å². The highest BCUT2D eigenvalue weighted by Gasteiger charge is 2.42. The van der Waals surface area contributed by atoms with Crippen molar-refractivity contribution in [3.63, 3.8) is 0 Å². The van der Waals surface area contributed by atoms with Gasteiger partial charge in [-0.25, -0.2) is 23.0 Å². The number of halogens is 1. The van der Waals surface area contributed by atoms with E-state index in [1.807, 2.05) is 6.92 Å². The molecule has 0 aliphatic rings. The fourth-order valence-corrected chi connectivity index (χ4v) is 3.35. The van der Waals surface area contributed by atoms with Gasteiger partial charge in [0.05, 0.1) is 11.5 Å². The zero-order valence-electron chi connectivity index (χ0n) is 23.6. The van der Waals surface area contributed by atoms with E-state index in [9.17, 15) is 23.0 Å².